The van der Waals surface area contributed by atoms with Crippen LogP contribution in [-0.2, 0) is 6.42 Å². The molecule has 2 rings (SSSR count). The van der Waals surface area contributed by atoms with Gasteiger partial charge >= 0.3 is 0 Å². The molecule has 0 amide bonds. The third-order valence-corrected chi connectivity index (χ3v) is 2.79. The second-order valence-electron chi connectivity index (χ2n) is 4.30. The second kappa shape index (κ2) is 6.18. The lowest BCUT2D eigenvalue weighted by molar-refractivity contribution is 0.561. The molecule has 0 spiro atoms. The van der Waals surface area contributed by atoms with E-state index in [-0.39, 0.29) is 0 Å². The molecule has 0 unspecified atom stereocenters. The quantitative estimate of drug-likeness (QED) is 0.792. The molecule has 0 saturated heterocycles. The summed E-state index contributed by atoms with van der Waals surface area (Å²) in [5, 5.41) is 11.7. The molecule has 0 fully saturated rings. The van der Waals surface area contributed by atoms with Gasteiger partial charge in [-0.05, 0) is 43.6 Å². The second-order valence-corrected chi connectivity index (χ2v) is 4.30. The zero-order valence-corrected chi connectivity index (χ0v) is 10.6. The maximum absolute atomic E-state index is 8.41. The van der Waals surface area contributed by atoms with Gasteiger partial charge in [-0.3, -0.25) is 0 Å². The molecule has 0 radical (unpaired) electrons. The maximum atomic E-state index is 8.41. The molecule has 0 aliphatic rings. The Kier molecular flexibility index (Phi) is 4.32. The van der Waals surface area contributed by atoms with Gasteiger partial charge in [0.1, 0.15) is 5.52 Å². The molecule has 0 atom stereocenters. The number of unbranched alkanes of at least 4 members (excludes halogenated alkanes) is 1. The van der Waals surface area contributed by atoms with Crippen LogP contribution in [0.3, 0.4) is 0 Å². The largest absolute Gasteiger partial charge is 0.441 e. The smallest absolute Gasteiger partial charge is 0.192 e. The molecule has 4 nitrogen and oxygen atoms in total. The Labute approximate surface area is 107 Å². The molecule has 0 aliphatic heterocycles. The monoisotopic (exact) mass is 243 g/mol. The molecule has 1 aromatic carbocycles. The van der Waals surface area contributed by atoms with Crippen LogP contribution in [0.15, 0.2) is 22.6 Å². The highest BCUT2D eigenvalue weighted by atomic mass is 16.3. The van der Waals surface area contributed by atoms with Crippen molar-refractivity contribution >= 4 is 11.1 Å². The number of benzene rings is 1. The van der Waals surface area contributed by atoms with E-state index in [9.17, 15) is 0 Å². The molecule has 1 aromatic heterocycles. The Hall–Kier alpha value is -1.86. The molecule has 0 bridgehead atoms. The van der Waals surface area contributed by atoms with Gasteiger partial charge in [-0.2, -0.15) is 5.26 Å². The fourth-order valence-corrected chi connectivity index (χ4v) is 1.89. The summed E-state index contributed by atoms with van der Waals surface area (Å²) in [6.07, 6.45) is 2.50. The molecule has 0 aliphatic carbocycles. The molecule has 0 saturated carbocycles. The van der Waals surface area contributed by atoms with Crippen molar-refractivity contribution in [1.82, 2.24) is 10.3 Å². The van der Waals surface area contributed by atoms with Crippen LogP contribution >= 0.6 is 0 Å². The predicted molar refractivity (Wildman–Crippen MR) is 70.2 cm³/mol. The fourth-order valence-electron chi connectivity index (χ4n) is 1.89. The summed E-state index contributed by atoms with van der Waals surface area (Å²) in [4.78, 5) is 4.32. The fraction of sp³-hybridized carbons (Fsp3) is 0.429. The van der Waals surface area contributed by atoms with E-state index in [1.807, 2.05) is 13.0 Å². The van der Waals surface area contributed by atoms with Gasteiger partial charge in [0.25, 0.3) is 0 Å². The Morgan fingerprint density at radius 2 is 2.28 bits per heavy atom. The van der Waals surface area contributed by atoms with E-state index in [2.05, 4.69) is 28.5 Å². The Morgan fingerprint density at radius 1 is 1.39 bits per heavy atom. The van der Waals surface area contributed by atoms with Gasteiger partial charge in [0.15, 0.2) is 11.5 Å². The average molecular weight is 243 g/mol. The number of rotatable bonds is 6. The number of fused-ring (bicyclic) bond motifs is 1. The van der Waals surface area contributed by atoms with Crippen molar-refractivity contribution in [2.45, 2.75) is 26.2 Å². The van der Waals surface area contributed by atoms with Crippen molar-refractivity contribution in [2.75, 3.05) is 13.1 Å². The molecule has 18 heavy (non-hydrogen) atoms. The van der Waals surface area contributed by atoms with Crippen LogP contribution in [0.2, 0.25) is 0 Å². The normalized spacial score (nSPS) is 10.7. The highest BCUT2D eigenvalue weighted by molar-refractivity contribution is 5.73. The van der Waals surface area contributed by atoms with Crippen LogP contribution in [0.5, 0.6) is 0 Å². The Morgan fingerprint density at radius 3 is 3.11 bits per heavy atom. The summed E-state index contributed by atoms with van der Waals surface area (Å²) < 4.78 is 5.44. The standard InChI is InChI=1S/C14H17N3O/c1-11-17-13-10-12(4-5-14(13)18-11)6-9-16-8-3-2-7-15/h4-5,10,16H,2-3,6,8-9H2,1H3. The molecular weight excluding hydrogens is 226 g/mol. The molecule has 1 N–H and O–H groups in total. The molecule has 4 heteroatoms. The molecule has 1 heterocycles. The number of hydrogen-bond acceptors (Lipinski definition) is 4. The van der Waals surface area contributed by atoms with E-state index in [1.165, 1.54) is 5.56 Å². The first-order chi connectivity index (χ1) is 8.79. The first kappa shape index (κ1) is 12.6. The number of aromatic nitrogens is 1. The van der Waals surface area contributed by atoms with Crippen LogP contribution in [0.25, 0.3) is 11.1 Å². The zero-order chi connectivity index (χ0) is 12.8. The third kappa shape index (κ3) is 3.31. The van der Waals surface area contributed by atoms with Gasteiger partial charge < -0.3 is 9.73 Å². The van der Waals surface area contributed by atoms with Crippen molar-refractivity contribution in [3.63, 3.8) is 0 Å². The minimum atomic E-state index is 0.622. The van der Waals surface area contributed by atoms with Crippen molar-refractivity contribution in [2.24, 2.45) is 0 Å². The predicted octanol–water partition coefficient (Wildman–Crippen LogP) is 2.57. The van der Waals surface area contributed by atoms with Gasteiger partial charge in [-0.1, -0.05) is 6.07 Å². The van der Waals surface area contributed by atoms with E-state index < -0.39 is 0 Å². The van der Waals surface area contributed by atoms with E-state index >= 15 is 0 Å². The highest BCUT2D eigenvalue weighted by Gasteiger charge is 2.02. The van der Waals surface area contributed by atoms with Gasteiger partial charge in [0, 0.05) is 13.3 Å². The van der Waals surface area contributed by atoms with Gasteiger partial charge in [-0.25, -0.2) is 4.98 Å². The lowest BCUT2D eigenvalue weighted by Gasteiger charge is -2.03. The van der Waals surface area contributed by atoms with Crippen molar-refractivity contribution in [3.05, 3.63) is 29.7 Å². The third-order valence-electron chi connectivity index (χ3n) is 2.79. The number of nitrogens with one attached hydrogen (secondary N) is 1. The van der Waals surface area contributed by atoms with Crippen molar-refractivity contribution in [3.8, 4) is 6.07 Å². The minimum Gasteiger partial charge on any atom is -0.441 e. The Balaban J connectivity index is 1.82. The van der Waals surface area contributed by atoms with Crippen LogP contribution in [0.1, 0.15) is 24.3 Å². The molecular formula is C14H17N3O. The van der Waals surface area contributed by atoms with Crippen molar-refractivity contribution in [1.29, 1.82) is 5.26 Å². The van der Waals surface area contributed by atoms with E-state index in [0.29, 0.717) is 12.3 Å². The van der Waals surface area contributed by atoms with Gasteiger partial charge in [0.2, 0.25) is 0 Å². The number of oxazole rings is 1. The van der Waals surface area contributed by atoms with E-state index in [4.69, 9.17) is 9.68 Å². The first-order valence-corrected chi connectivity index (χ1v) is 6.23. The summed E-state index contributed by atoms with van der Waals surface area (Å²) in [5.41, 5.74) is 3.02. The SMILES string of the molecule is Cc1nc2cc(CCNCCCC#N)ccc2o1. The lowest BCUT2D eigenvalue weighted by Crippen LogP contribution is -2.18. The zero-order valence-electron chi connectivity index (χ0n) is 10.6. The summed E-state index contributed by atoms with van der Waals surface area (Å²) in [7, 11) is 0. The van der Waals surface area contributed by atoms with Crippen LogP contribution in [0.4, 0.5) is 0 Å². The topological polar surface area (TPSA) is 61.9 Å². The van der Waals surface area contributed by atoms with Crippen LogP contribution in [0, 0.1) is 18.3 Å². The van der Waals surface area contributed by atoms with Gasteiger partial charge in [-0.15, -0.1) is 0 Å². The first-order valence-electron chi connectivity index (χ1n) is 6.23. The van der Waals surface area contributed by atoms with Crippen LogP contribution < -0.4 is 5.32 Å². The number of aryl methyl sites for hydroxylation is 1. The number of hydrogen-bond donors (Lipinski definition) is 1. The van der Waals surface area contributed by atoms with E-state index in [1.54, 1.807) is 0 Å². The lowest BCUT2D eigenvalue weighted by atomic mass is 10.1. The summed E-state index contributed by atoms with van der Waals surface area (Å²) >= 11 is 0. The maximum Gasteiger partial charge on any atom is 0.192 e. The van der Waals surface area contributed by atoms with Crippen molar-refractivity contribution < 1.29 is 4.42 Å². The number of nitriles is 1. The minimum absolute atomic E-state index is 0.622. The molecule has 2 aromatic rings. The molecule has 94 valence electrons. The Bertz CT molecular complexity index is 554. The summed E-state index contributed by atoms with van der Waals surface area (Å²) in [5.74, 6) is 0.705. The average Bonchev–Trinajstić information content (AvgIpc) is 2.73. The number of nitrogens with zero attached hydrogens (tertiary/aromatic N) is 2. The highest BCUT2D eigenvalue weighted by Crippen LogP contribution is 2.16. The van der Waals surface area contributed by atoms with Crippen LogP contribution in [-0.4, -0.2) is 18.1 Å². The van der Waals surface area contributed by atoms with Gasteiger partial charge in [0.05, 0.1) is 6.07 Å². The van der Waals surface area contributed by atoms with E-state index in [0.717, 1.165) is 37.0 Å². The summed E-state index contributed by atoms with van der Waals surface area (Å²) in [6, 6.07) is 8.26. The summed E-state index contributed by atoms with van der Waals surface area (Å²) in [6.45, 7) is 3.68.